The lowest BCUT2D eigenvalue weighted by molar-refractivity contribution is 0.656. The van der Waals surface area contributed by atoms with Crippen molar-refractivity contribution in [2.45, 2.75) is 12.8 Å². The van der Waals surface area contributed by atoms with Gasteiger partial charge in [0.2, 0.25) is 5.96 Å². The maximum Gasteiger partial charge on any atom is 0.236 e. The van der Waals surface area contributed by atoms with E-state index in [1.165, 1.54) is 12.3 Å². The van der Waals surface area contributed by atoms with Crippen LogP contribution in [0.2, 0.25) is 0 Å². The molecule has 17 heavy (non-hydrogen) atoms. The molecule has 0 spiro atoms. The van der Waals surface area contributed by atoms with E-state index in [4.69, 9.17) is 16.8 Å². The van der Waals surface area contributed by atoms with Crippen LogP contribution in [0.4, 0.5) is 4.39 Å². The first-order valence-electron chi connectivity index (χ1n) is 4.71. The van der Waals surface area contributed by atoms with Gasteiger partial charge in [0, 0.05) is 24.6 Å². The van der Waals surface area contributed by atoms with Crippen LogP contribution in [0.25, 0.3) is 0 Å². The van der Waals surface area contributed by atoms with Crippen LogP contribution in [-0.4, -0.2) is 12.2 Å². The van der Waals surface area contributed by atoms with Crippen molar-refractivity contribution >= 4 is 12.2 Å². The van der Waals surface area contributed by atoms with Crippen molar-refractivity contribution in [2.75, 3.05) is 0 Å². The van der Waals surface area contributed by atoms with Crippen LogP contribution < -0.4 is 11.6 Å². The number of nitriles is 1. The number of aliphatic imine (C=N–C) groups is 1. The van der Waals surface area contributed by atoms with Gasteiger partial charge in [-0.15, -0.1) is 5.10 Å². The van der Waals surface area contributed by atoms with E-state index in [1.54, 1.807) is 6.07 Å². The second kappa shape index (κ2) is 6.09. The second-order valence-corrected chi connectivity index (χ2v) is 3.09. The van der Waals surface area contributed by atoms with Crippen LogP contribution in [0.1, 0.15) is 12.8 Å². The van der Waals surface area contributed by atoms with Gasteiger partial charge in [0.25, 0.3) is 0 Å². The highest BCUT2D eigenvalue weighted by Gasteiger charge is 2.06. The van der Waals surface area contributed by atoms with Crippen LogP contribution >= 0.6 is 0 Å². The summed E-state index contributed by atoms with van der Waals surface area (Å²) in [6, 6.07) is 1.77. The van der Waals surface area contributed by atoms with Gasteiger partial charge < -0.3 is 11.6 Å². The summed E-state index contributed by atoms with van der Waals surface area (Å²) < 4.78 is 13.4. The van der Waals surface area contributed by atoms with E-state index in [-0.39, 0.29) is 18.0 Å². The van der Waals surface area contributed by atoms with Crippen LogP contribution in [0, 0.1) is 23.2 Å². The molecule has 0 aromatic carbocycles. The fraction of sp³-hybridized carbons (Fsp3) is 0.182. The third kappa shape index (κ3) is 3.80. The Bertz CT molecular complexity index is 522. The summed E-state index contributed by atoms with van der Waals surface area (Å²) in [5, 5.41) is 11.8. The lowest BCUT2D eigenvalue weighted by Gasteiger charge is -1.93. The highest BCUT2D eigenvalue weighted by atomic mass is 19.1. The molecule has 0 aromatic heterocycles. The van der Waals surface area contributed by atoms with E-state index in [9.17, 15) is 4.39 Å². The Morgan fingerprint density at radius 3 is 3.12 bits per heavy atom. The predicted molar refractivity (Wildman–Crippen MR) is 63.1 cm³/mol. The van der Waals surface area contributed by atoms with Crippen molar-refractivity contribution in [2.24, 2.45) is 21.7 Å². The molecule has 0 amide bonds. The Labute approximate surface area is 98.0 Å². The SMILES string of the molecule is N#CC1=C(F)C=C(C/C=N\C(N)=N/N)C#CC1. The zero-order chi connectivity index (χ0) is 12.7. The lowest BCUT2D eigenvalue weighted by atomic mass is 10.2. The monoisotopic (exact) mass is 231 g/mol. The van der Waals surface area contributed by atoms with Crippen molar-refractivity contribution in [3.8, 4) is 17.9 Å². The number of guanidine groups is 1. The van der Waals surface area contributed by atoms with Crippen molar-refractivity contribution < 1.29 is 4.39 Å². The van der Waals surface area contributed by atoms with Crippen molar-refractivity contribution in [1.82, 2.24) is 0 Å². The zero-order valence-corrected chi connectivity index (χ0v) is 8.94. The number of rotatable bonds is 2. The zero-order valence-electron chi connectivity index (χ0n) is 8.94. The second-order valence-electron chi connectivity index (χ2n) is 3.09. The molecule has 86 valence electrons. The molecule has 6 heteroatoms. The maximum absolute atomic E-state index is 13.4. The highest BCUT2D eigenvalue weighted by Crippen LogP contribution is 2.16. The van der Waals surface area contributed by atoms with Gasteiger partial charge >= 0.3 is 0 Å². The van der Waals surface area contributed by atoms with Crippen LogP contribution in [0.3, 0.4) is 0 Å². The molecule has 5 nitrogen and oxygen atoms in total. The molecule has 1 rings (SSSR count). The summed E-state index contributed by atoms with van der Waals surface area (Å²) in [7, 11) is 0. The first-order chi connectivity index (χ1) is 8.17. The van der Waals surface area contributed by atoms with E-state index in [0.29, 0.717) is 12.0 Å². The van der Waals surface area contributed by atoms with Crippen molar-refractivity contribution in [3.63, 3.8) is 0 Å². The number of halogens is 1. The van der Waals surface area contributed by atoms with Crippen LogP contribution in [-0.2, 0) is 0 Å². The molecule has 0 fully saturated rings. The van der Waals surface area contributed by atoms with Gasteiger partial charge in [-0.05, 0) is 6.08 Å². The number of hydrogen-bond acceptors (Lipinski definition) is 3. The smallest absolute Gasteiger partial charge is 0.236 e. The molecule has 0 unspecified atom stereocenters. The summed E-state index contributed by atoms with van der Waals surface area (Å²) in [5.74, 6) is 9.67. The van der Waals surface area contributed by atoms with E-state index in [0.717, 1.165) is 0 Å². The minimum atomic E-state index is -0.575. The molecule has 0 bridgehead atoms. The average Bonchev–Trinajstić information content (AvgIpc) is 2.50. The van der Waals surface area contributed by atoms with Gasteiger partial charge in [0.15, 0.2) is 0 Å². The molecule has 0 atom stereocenters. The topological polar surface area (TPSA) is 101 Å². The average molecular weight is 231 g/mol. The largest absolute Gasteiger partial charge is 0.367 e. The van der Waals surface area contributed by atoms with E-state index >= 15 is 0 Å². The molecule has 0 aliphatic heterocycles. The molecule has 0 saturated heterocycles. The Balaban J connectivity index is 2.79. The molecule has 1 aliphatic rings. The predicted octanol–water partition coefficient (Wildman–Crippen LogP) is 0.716. The van der Waals surface area contributed by atoms with E-state index in [2.05, 4.69) is 21.9 Å². The lowest BCUT2D eigenvalue weighted by Crippen LogP contribution is -2.10. The molecule has 0 saturated carbocycles. The Kier molecular flexibility index (Phi) is 4.46. The van der Waals surface area contributed by atoms with Gasteiger partial charge in [-0.25, -0.2) is 9.38 Å². The third-order valence-corrected chi connectivity index (χ3v) is 1.91. The summed E-state index contributed by atoms with van der Waals surface area (Å²) in [6.45, 7) is 0. The fourth-order valence-electron chi connectivity index (χ4n) is 1.08. The number of allylic oxidation sites excluding steroid dienone is 4. The normalized spacial score (nSPS) is 16.0. The number of hydrazone groups is 1. The first kappa shape index (κ1) is 12.5. The fourth-order valence-corrected chi connectivity index (χ4v) is 1.08. The van der Waals surface area contributed by atoms with Gasteiger partial charge in [-0.2, -0.15) is 5.26 Å². The number of hydrogen-bond donors (Lipinski definition) is 2. The van der Waals surface area contributed by atoms with E-state index < -0.39 is 5.83 Å². The quantitative estimate of drug-likeness (QED) is 0.240. The molecular formula is C11H10FN5. The Morgan fingerprint density at radius 1 is 1.71 bits per heavy atom. The van der Waals surface area contributed by atoms with Gasteiger partial charge in [-0.1, -0.05) is 11.8 Å². The first-order valence-corrected chi connectivity index (χ1v) is 4.71. The van der Waals surface area contributed by atoms with Gasteiger partial charge in [0.05, 0.1) is 11.6 Å². The molecule has 0 radical (unpaired) electrons. The summed E-state index contributed by atoms with van der Waals surface area (Å²) in [4.78, 5) is 3.70. The van der Waals surface area contributed by atoms with Crippen LogP contribution in [0.15, 0.2) is 33.1 Å². The molecule has 4 N–H and O–H groups in total. The van der Waals surface area contributed by atoms with Gasteiger partial charge in [0.1, 0.15) is 5.83 Å². The van der Waals surface area contributed by atoms with Gasteiger partial charge in [-0.3, -0.25) is 0 Å². The Morgan fingerprint density at radius 2 is 2.47 bits per heavy atom. The van der Waals surface area contributed by atoms with Crippen molar-refractivity contribution in [1.29, 1.82) is 5.26 Å². The van der Waals surface area contributed by atoms with Crippen LogP contribution in [0.5, 0.6) is 0 Å². The van der Waals surface area contributed by atoms with Crippen molar-refractivity contribution in [3.05, 3.63) is 23.0 Å². The molecular weight excluding hydrogens is 221 g/mol. The Hall–Kier alpha value is -2.60. The molecule has 0 heterocycles. The highest BCUT2D eigenvalue weighted by molar-refractivity contribution is 5.86. The number of nitrogens with zero attached hydrogens (tertiary/aromatic N) is 3. The van der Waals surface area contributed by atoms with E-state index in [1.807, 2.05) is 0 Å². The number of nitrogens with two attached hydrogens (primary N) is 2. The molecule has 0 aromatic rings. The summed E-state index contributed by atoms with van der Waals surface area (Å²) in [5.41, 5.74) is 5.79. The maximum atomic E-state index is 13.4. The molecule has 1 aliphatic carbocycles. The standard InChI is InChI=1S/C11H10FN5/c12-10-6-8(2-1-3-9(10)7-13)4-5-16-11(14)17-15/h5-6H,3-4,15H2,(H2,14,17)/b16-5-. The summed E-state index contributed by atoms with van der Waals surface area (Å²) in [6.07, 6.45) is 3.07. The minimum Gasteiger partial charge on any atom is -0.367 e. The summed E-state index contributed by atoms with van der Waals surface area (Å²) >= 11 is 0. The third-order valence-electron chi connectivity index (χ3n) is 1.91. The minimum absolute atomic E-state index is 0.0347.